The van der Waals surface area contributed by atoms with Gasteiger partial charge in [-0.25, -0.2) is 8.42 Å². The van der Waals surface area contributed by atoms with E-state index in [0.29, 0.717) is 16.3 Å². The molecule has 10 heteroatoms. The molecule has 0 unspecified atom stereocenters. The Morgan fingerprint density at radius 3 is 2.46 bits per heavy atom. The lowest BCUT2D eigenvalue weighted by Crippen LogP contribution is -2.52. The van der Waals surface area contributed by atoms with Crippen molar-refractivity contribution in [2.75, 3.05) is 17.1 Å². The van der Waals surface area contributed by atoms with Gasteiger partial charge in [0.15, 0.2) is 0 Å². The summed E-state index contributed by atoms with van der Waals surface area (Å²) in [7, 11) is -3.79. The molecule has 1 saturated carbocycles. The van der Waals surface area contributed by atoms with Gasteiger partial charge in [0.05, 0.1) is 11.9 Å². The number of benzene rings is 2. The molecule has 1 aliphatic rings. The predicted molar refractivity (Wildman–Crippen MR) is 143 cm³/mol. The number of hydrogen-bond donors (Lipinski definition) is 1. The van der Waals surface area contributed by atoms with E-state index < -0.39 is 28.5 Å². The van der Waals surface area contributed by atoms with E-state index in [1.54, 1.807) is 32.0 Å². The molecule has 0 radical (unpaired) electrons. The van der Waals surface area contributed by atoms with Gasteiger partial charge < -0.3 is 10.2 Å². The number of anilines is 1. The van der Waals surface area contributed by atoms with Crippen molar-refractivity contribution in [2.45, 2.75) is 58.2 Å². The Labute approximate surface area is 221 Å². The normalized spacial score (nSPS) is 15.0. The molecule has 2 aromatic rings. The molecule has 1 aliphatic carbocycles. The van der Waals surface area contributed by atoms with Crippen molar-refractivity contribution in [3.8, 4) is 0 Å². The molecule has 1 N–H and O–H groups in total. The second kappa shape index (κ2) is 11.8. The number of rotatable bonds is 9. The van der Waals surface area contributed by atoms with Crippen LogP contribution in [0.25, 0.3) is 0 Å². The monoisotopic (exact) mass is 583 g/mol. The van der Waals surface area contributed by atoms with Crippen LogP contribution in [0.1, 0.15) is 43.7 Å². The molecule has 2 amide bonds. The van der Waals surface area contributed by atoms with Crippen LogP contribution in [0.5, 0.6) is 0 Å². The van der Waals surface area contributed by atoms with E-state index >= 15 is 0 Å². The van der Waals surface area contributed by atoms with Crippen molar-refractivity contribution in [2.24, 2.45) is 0 Å². The van der Waals surface area contributed by atoms with Crippen LogP contribution in [-0.4, -0.2) is 50.0 Å². The van der Waals surface area contributed by atoms with Gasteiger partial charge in [-0.2, -0.15) is 0 Å². The molecule has 0 heterocycles. The number of amides is 2. The standard InChI is InChI=1S/C25H31BrClN3O4S/c1-17-13-21(27)11-12-23(17)30(35(3,33)34)16-24(31)29(15-19-7-6-8-20(26)14-19)18(2)25(32)28-22-9-4-5-10-22/h6-8,11-14,18,22H,4-5,9-10,15-16H2,1-3H3,(H,28,32)/t18-/m0/s1. The summed E-state index contributed by atoms with van der Waals surface area (Å²) in [5.74, 6) is -0.715. The van der Waals surface area contributed by atoms with Crippen LogP contribution in [-0.2, 0) is 26.2 Å². The van der Waals surface area contributed by atoms with Crippen LogP contribution < -0.4 is 9.62 Å². The van der Waals surface area contributed by atoms with E-state index in [1.807, 2.05) is 24.3 Å². The molecule has 0 bridgehead atoms. The number of aryl methyl sites for hydroxylation is 1. The summed E-state index contributed by atoms with van der Waals surface area (Å²) < 4.78 is 27.3. The number of carbonyl (C=O) groups excluding carboxylic acids is 2. The molecule has 35 heavy (non-hydrogen) atoms. The van der Waals surface area contributed by atoms with Gasteiger partial charge in [-0.3, -0.25) is 13.9 Å². The van der Waals surface area contributed by atoms with Crippen molar-refractivity contribution < 1.29 is 18.0 Å². The first-order valence-electron chi connectivity index (χ1n) is 11.5. The molecule has 0 spiro atoms. The summed E-state index contributed by atoms with van der Waals surface area (Å²) >= 11 is 9.49. The van der Waals surface area contributed by atoms with Crippen molar-refractivity contribution in [3.05, 3.63) is 63.1 Å². The minimum absolute atomic E-state index is 0.108. The van der Waals surface area contributed by atoms with Crippen LogP contribution in [0.4, 0.5) is 5.69 Å². The van der Waals surface area contributed by atoms with E-state index in [4.69, 9.17) is 11.6 Å². The SMILES string of the molecule is Cc1cc(Cl)ccc1N(CC(=O)N(Cc1cccc(Br)c1)[C@@H](C)C(=O)NC1CCCC1)S(C)(=O)=O. The first-order valence-corrected chi connectivity index (χ1v) is 14.6. The van der Waals surface area contributed by atoms with Crippen LogP contribution in [0.3, 0.4) is 0 Å². The number of hydrogen-bond acceptors (Lipinski definition) is 4. The molecule has 0 saturated heterocycles. The van der Waals surface area contributed by atoms with Crippen molar-refractivity contribution >= 4 is 55.1 Å². The minimum Gasteiger partial charge on any atom is -0.352 e. The highest BCUT2D eigenvalue weighted by Crippen LogP contribution is 2.26. The van der Waals surface area contributed by atoms with E-state index in [9.17, 15) is 18.0 Å². The van der Waals surface area contributed by atoms with Crippen LogP contribution in [0.2, 0.25) is 5.02 Å². The van der Waals surface area contributed by atoms with Crippen molar-refractivity contribution in [1.29, 1.82) is 0 Å². The van der Waals surface area contributed by atoms with Crippen LogP contribution in [0, 0.1) is 6.92 Å². The van der Waals surface area contributed by atoms with Crippen LogP contribution in [0.15, 0.2) is 46.9 Å². The van der Waals surface area contributed by atoms with Gasteiger partial charge in [-0.15, -0.1) is 0 Å². The van der Waals surface area contributed by atoms with E-state index in [1.165, 1.54) is 4.90 Å². The Hall–Kier alpha value is -2.10. The van der Waals surface area contributed by atoms with E-state index in [0.717, 1.165) is 46.3 Å². The third-order valence-electron chi connectivity index (χ3n) is 6.22. The Morgan fingerprint density at radius 1 is 1.17 bits per heavy atom. The van der Waals surface area contributed by atoms with Gasteiger partial charge in [0.25, 0.3) is 0 Å². The van der Waals surface area contributed by atoms with E-state index in [-0.39, 0.29) is 18.5 Å². The zero-order valence-corrected chi connectivity index (χ0v) is 23.3. The highest BCUT2D eigenvalue weighted by atomic mass is 79.9. The molecule has 0 aromatic heterocycles. The Balaban J connectivity index is 1.90. The highest BCUT2D eigenvalue weighted by molar-refractivity contribution is 9.10. The first-order chi connectivity index (χ1) is 16.5. The number of sulfonamides is 1. The predicted octanol–water partition coefficient (Wildman–Crippen LogP) is 4.65. The highest BCUT2D eigenvalue weighted by Gasteiger charge is 2.31. The minimum atomic E-state index is -3.79. The zero-order chi connectivity index (χ0) is 25.8. The molecular weight excluding hydrogens is 554 g/mol. The maximum atomic E-state index is 13.6. The van der Waals surface area contributed by atoms with Crippen LogP contribution >= 0.6 is 27.5 Å². The lowest BCUT2D eigenvalue weighted by atomic mass is 10.1. The lowest BCUT2D eigenvalue weighted by molar-refractivity contribution is -0.139. The van der Waals surface area contributed by atoms with Crippen molar-refractivity contribution in [1.82, 2.24) is 10.2 Å². The molecular formula is C25H31BrClN3O4S. The number of nitrogens with one attached hydrogen (secondary N) is 1. The summed E-state index contributed by atoms with van der Waals surface area (Å²) in [5, 5.41) is 3.52. The number of halogens is 2. The summed E-state index contributed by atoms with van der Waals surface area (Å²) in [6.07, 6.45) is 5.06. The third kappa shape index (κ3) is 7.44. The van der Waals surface area contributed by atoms with Gasteiger partial charge in [-0.1, -0.05) is 52.5 Å². The van der Waals surface area contributed by atoms with Gasteiger partial charge in [-0.05, 0) is 68.1 Å². The fourth-order valence-corrected chi connectivity index (χ4v) is 5.88. The number of nitrogens with zero attached hydrogens (tertiary/aromatic N) is 2. The summed E-state index contributed by atoms with van der Waals surface area (Å²) in [6, 6.07) is 11.6. The lowest BCUT2D eigenvalue weighted by Gasteiger charge is -2.32. The summed E-state index contributed by atoms with van der Waals surface area (Å²) in [4.78, 5) is 28.2. The van der Waals surface area contributed by atoms with Crippen molar-refractivity contribution in [3.63, 3.8) is 0 Å². The molecule has 3 rings (SSSR count). The maximum Gasteiger partial charge on any atom is 0.244 e. The Bertz CT molecular complexity index is 1180. The first kappa shape index (κ1) is 27.5. The molecule has 190 valence electrons. The van der Waals surface area contributed by atoms with Gasteiger partial charge in [0.1, 0.15) is 12.6 Å². The molecule has 1 fully saturated rings. The second-order valence-electron chi connectivity index (χ2n) is 9.02. The van der Waals surface area contributed by atoms with Gasteiger partial charge in [0.2, 0.25) is 21.8 Å². The smallest absolute Gasteiger partial charge is 0.244 e. The molecule has 0 aliphatic heterocycles. The molecule has 1 atom stereocenters. The molecule has 2 aromatic carbocycles. The van der Waals surface area contributed by atoms with Gasteiger partial charge in [0, 0.05) is 22.1 Å². The third-order valence-corrected chi connectivity index (χ3v) is 8.07. The zero-order valence-electron chi connectivity index (χ0n) is 20.1. The Kier molecular flexibility index (Phi) is 9.23. The fourth-order valence-electron chi connectivity index (χ4n) is 4.30. The fraction of sp³-hybridized carbons (Fsp3) is 0.440. The average molecular weight is 585 g/mol. The van der Waals surface area contributed by atoms with Gasteiger partial charge >= 0.3 is 0 Å². The quantitative estimate of drug-likeness (QED) is 0.465. The largest absolute Gasteiger partial charge is 0.352 e. The summed E-state index contributed by atoms with van der Waals surface area (Å²) in [6.45, 7) is 3.14. The second-order valence-corrected chi connectivity index (χ2v) is 12.3. The molecule has 7 nitrogen and oxygen atoms in total. The Morgan fingerprint density at radius 2 is 1.86 bits per heavy atom. The average Bonchev–Trinajstić information content (AvgIpc) is 3.28. The number of carbonyl (C=O) groups is 2. The van der Waals surface area contributed by atoms with E-state index in [2.05, 4.69) is 21.2 Å². The maximum absolute atomic E-state index is 13.6. The summed E-state index contributed by atoms with van der Waals surface area (Å²) in [5.41, 5.74) is 1.82. The topological polar surface area (TPSA) is 86.8 Å².